The topological polar surface area (TPSA) is 26.3 Å². The number of hydrogen-bond donors (Lipinski definition) is 0. The van der Waals surface area contributed by atoms with Gasteiger partial charge >= 0.3 is 8.69 Å². The molecule has 0 aromatic heterocycles. The fourth-order valence-corrected chi connectivity index (χ4v) is 2.99. The van der Waals surface area contributed by atoms with Crippen molar-refractivity contribution < 1.29 is 9.09 Å². The van der Waals surface area contributed by atoms with E-state index >= 15 is 0 Å². The first-order valence-electron chi connectivity index (χ1n) is 9.40. The fraction of sp³-hybridized carbons (Fsp3) is 1.00. The van der Waals surface area contributed by atoms with Crippen LogP contribution in [0.2, 0.25) is 0 Å². The monoisotopic (exact) mass is 340 g/mol. The van der Waals surface area contributed by atoms with Crippen molar-refractivity contribution in [2.75, 3.05) is 6.61 Å². The van der Waals surface area contributed by atoms with Gasteiger partial charge in [0.05, 0.1) is 0 Å². The summed E-state index contributed by atoms with van der Waals surface area (Å²) in [5.74, 6) is 0. The summed E-state index contributed by atoms with van der Waals surface area (Å²) in [4.78, 5) is 0. The van der Waals surface area contributed by atoms with Crippen molar-refractivity contribution in [3.8, 4) is 0 Å². The van der Waals surface area contributed by atoms with Crippen LogP contribution in [0.1, 0.15) is 110 Å². The van der Waals surface area contributed by atoms with Crippen LogP contribution in [0.25, 0.3) is 0 Å². The fourth-order valence-electron chi connectivity index (χ4n) is 2.76. The van der Waals surface area contributed by atoms with E-state index in [0.717, 1.165) is 6.42 Å². The van der Waals surface area contributed by atoms with Gasteiger partial charge in [0.15, 0.2) is 0 Å². The van der Waals surface area contributed by atoms with Crippen LogP contribution in [0.15, 0.2) is 0 Å². The maximum Gasteiger partial charge on any atom is 0.494 e. The SMILES string of the molecule is CCCCCCCCCCCCCCCCCCO[PH+]=O.[Na]. The van der Waals surface area contributed by atoms with Gasteiger partial charge < -0.3 is 0 Å². The van der Waals surface area contributed by atoms with E-state index in [0.29, 0.717) is 6.61 Å². The van der Waals surface area contributed by atoms with E-state index in [-0.39, 0.29) is 29.6 Å². The van der Waals surface area contributed by atoms with E-state index in [1.54, 1.807) is 0 Å². The molecule has 0 heterocycles. The molecule has 0 bridgehead atoms. The molecule has 0 aliphatic heterocycles. The molecule has 0 aromatic rings. The second kappa shape index (κ2) is 24.3. The first-order chi connectivity index (χ1) is 10.4. The van der Waals surface area contributed by atoms with Gasteiger partial charge in [-0.15, -0.1) is 4.52 Å². The van der Waals surface area contributed by atoms with Gasteiger partial charge in [0.25, 0.3) is 0 Å². The maximum atomic E-state index is 10.1. The zero-order valence-electron chi connectivity index (χ0n) is 15.3. The Labute approximate surface area is 163 Å². The molecule has 0 N–H and O–H groups in total. The third-order valence-corrected chi connectivity index (χ3v) is 4.48. The molecule has 1 unspecified atom stereocenters. The summed E-state index contributed by atoms with van der Waals surface area (Å²) in [5, 5.41) is 0. The van der Waals surface area contributed by atoms with E-state index < -0.39 is 8.69 Å². The first kappa shape index (κ1) is 25.3. The average molecular weight is 340 g/mol. The van der Waals surface area contributed by atoms with Gasteiger partial charge in [0.2, 0.25) is 0 Å². The average Bonchev–Trinajstić information content (AvgIpc) is 2.50. The van der Waals surface area contributed by atoms with Crippen molar-refractivity contribution in [3.05, 3.63) is 0 Å². The van der Waals surface area contributed by atoms with Crippen molar-refractivity contribution in [1.29, 1.82) is 0 Å². The molecular weight excluding hydrogens is 302 g/mol. The summed E-state index contributed by atoms with van der Waals surface area (Å²) in [6.45, 7) is 2.95. The Bertz CT molecular complexity index is 204. The van der Waals surface area contributed by atoms with Crippen LogP contribution in [0, 0.1) is 0 Å². The zero-order valence-corrected chi connectivity index (χ0v) is 18.3. The molecule has 1 radical (unpaired) electrons. The van der Waals surface area contributed by atoms with E-state index in [1.807, 2.05) is 0 Å². The summed E-state index contributed by atoms with van der Waals surface area (Å²) in [5.41, 5.74) is 0. The van der Waals surface area contributed by atoms with E-state index in [4.69, 9.17) is 4.52 Å². The van der Waals surface area contributed by atoms with E-state index in [1.165, 1.54) is 96.3 Å². The maximum absolute atomic E-state index is 10.1. The number of hydrogen-bond acceptors (Lipinski definition) is 2. The summed E-state index contributed by atoms with van der Waals surface area (Å²) < 4.78 is 14.9. The normalized spacial score (nSPS) is 10.8. The molecule has 0 spiro atoms. The molecule has 0 rings (SSSR count). The van der Waals surface area contributed by atoms with Crippen molar-refractivity contribution in [2.45, 2.75) is 110 Å². The molecule has 0 amide bonds. The Hall–Kier alpha value is 1.06. The summed E-state index contributed by atoms with van der Waals surface area (Å²) in [7, 11) is -0.581. The third kappa shape index (κ3) is 23.3. The Kier molecular flexibility index (Phi) is 28.0. The molecule has 4 heteroatoms. The molecule has 0 aliphatic carbocycles. The standard InChI is InChI=1S/C18H38O2P.Na/c1-2-3-4-5-6-7-8-9-10-11-12-13-14-15-16-17-18-20-21-19;/h21H,2-18H2,1H3;/q+1;. The largest absolute Gasteiger partial charge is 0.494 e. The third-order valence-electron chi connectivity index (χ3n) is 4.16. The smallest absolute Gasteiger partial charge is 0.148 e. The Balaban J connectivity index is 0. The van der Waals surface area contributed by atoms with Crippen LogP contribution in [-0.2, 0) is 9.09 Å². The minimum Gasteiger partial charge on any atom is -0.148 e. The van der Waals surface area contributed by atoms with Gasteiger partial charge in [0, 0.05) is 29.6 Å². The van der Waals surface area contributed by atoms with Gasteiger partial charge in [-0.05, 0) is 11.0 Å². The molecule has 0 saturated carbocycles. The molecule has 2 nitrogen and oxygen atoms in total. The van der Waals surface area contributed by atoms with Crippen LogP contribution in [0.3, 0.4) is 0 Å². The van der Waals surface area contributed by atoms with Crippen LogP contribution < -0.4 is 0 Å². The molecule has 1 atom stereocenters. The number of rotatable bonds is 18. The number of unbranched alkanes of at least 4 members (excludes halogenated alkanes) is 15. The van der Waals surface area contributed by atoms with Gasteiger partial charge in [-0.25, -0.2) is 0 Å². The van der Waals surface area contributed by atoms with E-state index in [9.17, 15) is 4.57 Å². The minimum absolute atomic E-state index is 0. The second-order valence-corrected chi connectivity index (χ2v) is 6.69. The van der Waals surface area contributed by atoms with Crippen molar-refractivity contribution >= 4 is 38.2 Å². The Morgan fingerprint density at radius 1 is 0.591 bits per heavy atom. The summed E-state index contributed by atoms with van der Waals surface area (Å²) >= 11 is 0. The molecule has 127 valence electrons. The van der Waals surface area contributed by atoms with Crippen molar-refractivity contribution in [3.63, 3.8) is 0 Å². The zero-order chi connectivity index (χ0) is 15.4. The molecule has 0 aromatic carbocycles. The first-order valence-corrected chi connectivity index (χ1v) is 10.2. The van der Waals surface area contributed by atoms with Gasteiger partial charge in [-0.3, -0.25) is 0 Å². The predicted molar refractivity (Wildman–Crippen MR) is 100 cm³/mol. The van der Waals surface area contributed by atoms with Crippen LogP contribution >= 0.6 is 8.69 Å². The van der Waals surface area contributed by atoms with E-state index in [2.05, 4.69) is 6.92 Å². The summed E-state index contributed by atoms with van der Waals surface area (Å²) in [6, 6.07) is 0. The molecule has 0 saturated heterocycles. The van der Waals surface area contributed by atoms with Crippen LogP contribution in [-0.4, -0.2) is 36.2 Å². The van der Waals surface area contributed by atoms with Crippen molar-refractivity contribution in [1.82, 2.24) is 0 Å². The van der Waals surface area contributed by atoms with Crippen LogP contribution in [0.5, 0.6) is 0 Å². The molecular formula is C18H38NaO2P+. The Morgan fingerprint density at radius 3 is 1.23 bits per heavy atom. The van der Waals surface area contributed by atoms with Gasteiger partial charge in [-0.2, -0.15) is 0 Å². The minimum atomic E-state index is -0.581. The van der Waals surface area contributed by atoms with Gasteiger partial charge in [0.1, 0.15) is 6.61 Å². The second-order valence-electron chi connectivity index (χ2n) is 6.24. The van der Waals surface area contributed by atoms with Gasteiger partial charge in [-0.1, -0.05) is 103 Å². The molecule has 0 fully saturated rings. The molecule has 0 aliphatic rings. The Morgan fingerprint density at radius 2 is 0.909 bits per heavy atom. The van der Waals surface area contributed by atoms with Crippen molar-refractivity contribution in [2.24, 2.45) is 0 Å². The quantitative estimate of drug-likeness (QED) is 0.155. The summed E-state index contributed by atoms with van der Waals surface area (Å²) in [6.07, 6.45) is 22.1. The predicted octanol–water partition coefficient (Wildman–Crippen LogP) is 6.82. The molecule has 22 heavy (non-hydrogen) atoms. The van der Waals surface area contributed by atoms with Crippen LogP contribution in [0.4, 0.5) is 0 Å².